The van der Waals surface area contributed by atoms with Crippen molar-refractivity contribution < 1.29 is 13.9 Å². The number of halogens is 2. The van der Waals surface area contributed by atoms with Crippen LogP contribution in [0.1, 0.15) is 5.56 Å². The Hall–Kier alpha value is -0.650. The van der Waals surface area contributed by atoms with Crippen LogP contribution in [0.4, 0.5) is 4.39 Å². The molecule has 0 radical (unpaired) electrons. The van der Waals surface area contributed by atoms with E-state index in [2.05, 4.69) is 20.8 Å². The zero-order chi connectivity index (χ0) is 13.0. The van der Waals surface area contributed by atoms with Crippen molar-refractivity contribution in [1.29, 1.82) is 0 Å². The number of hydrogen-bond donors (Lipinski definition) is 0. The normalized spacial score (nSPS) is 20.9. The fraction of sp³-hybridized carbons (Fsp3) is 0.538. The lowest BCUT2D eigenvalue weighted by Crippen LogP contribution is -2.45. The molecule has 0 aliphatic carbocycles. The molecule has 3 nitrogen and oxygen atoms in total. The second-order valence-electron chi connectivity index (χ2n) is 4.31. The Balaban J connectivity index is 2.07. The van der Waals surface area contributed by atoms with Crippen LogP contribution in [0.5, 0.6) is 5.75 Å². The molecule has 1 atom stereocenters. The molecule has 0 amide bonds. The Morgan fingerprint density at radius 3 is 3.06 bits per heavy atom. The van der Waals surface area contributed by atoms with E-state index in [1.54, 1.807) is 12.1 Å². The fourth-order valence-corrected chi connectivity index (χ4v) is 2.64. The van der Waals surface area contributed by atoms with E-state index in [0.29, 0.717) is 37.1 Å². The second kappa shape index (κ2) is 6.50. The monoisotopic (exact) mass is 317 g/mol. The van der Waals surface area contributed by atoms with Gasteiger partial charge in [-0.3, -0.25) is 4.90 Å². The predicted octanol–water partition coefficient (Wildman–Crippen LogP) is 2.43. The summed E-state index contributed by atoms with van der Waals surface area (Å²) in [6.45, 7) is 2.85. The summed E-state index contributed by atoms with van der Waals surface area (Å²) in [5, 5.41) is 0.838. The highest BCUT2D eigenvalue weighted by Crippen LogP contribution is 2.20. The molecule has 100 valence electrons. The van der Waals surface area contributed by atoms with Crippen molar-refractivity contribution in [2.24, 2.45) is 0 Å². The van der Waals surface area contributed by atoms with Crippen molar-refractivity contribution in [3.8, 4) is 5.75 Å². The summed E-state index contributed by atoms with van der Waals surface area (Å²) in [6.07, 6.45) is 0. The van der Waals surface area contributed by atoms with E-state index in [0.717, 1.165) is 11.9 Å². The Morgan fingerprint density at radius 1 is 1.56 bits per heavy atom. The van der Waals surface area contributed by atoms with Gasteiger partial charge in [0.15, 0.2) is 0 Å². The maximum atomic E-state index is 13.9. The van der Waals surface area contributed by atoms with Crippen LogP contribution in [-0.4, -0.2) is 43.1 Å². The minimum absolute atomic E-state index is 0.214. The van der Waals surface area contributed by atoms with Crippen LogP contribution in [0, 0.1) is 5.82 Å². The van der Waals surface area contributed by atoms with Crippen LogP contribution in [0.25, 0.3) is 0 Å². The number of hydrogen-bond acceptors (Lipinski definition) is 3. The summed E-state index contributed by atoms with van der Waals surface area (Å²) >= 11 is 3.47. The van der Waals surface area contributed by atoms with Crippen molar-refractivity contribution in [3.05, 3.63) is 29.6 Å². The molecule has 0 N–H and O–H groups in total. The van der Waals surface area contributed by atoms with Gasteiger partial charge in [-0.05, 0) is 6.07 Å². The topological polar surface area (TPSA) is 21.7 Å². The Morgan fingerprint density at radius 2 is 2.39 bits per heavy atom. The lowest BCUT2D eigenvalue weighted by atomic mass is 10.1. The molecular formula is C13H17BrFNO2. The van der Waals surface area contributed by atoms with E-state index >= 15 is 0 Å². The van der Waals surface area contributed by atoms with Gasteiger partial charge >= 0.3 is 0 Å². The molecule has 1 heterocycles. The van der Waals surface area contributed by atoms with Crippen molar-refractivity contribution in [1.82, 2.24) is 4.90 Å². The molecule has 1 unspecified atom stereocenters. The molecule has 1 saturated heterocycles. The smallest absolute Gasteiger partial charge is 0.131 e. The molecule has 0 bridgehead atoms. The number of nitrogens with zero attached hydrogens (tertiary/aromatic N) is 1. The minimum Gasteiger partial charge on any atom is -0.497 e. The lowest BCUT2D eigenvalue weighted by Gasteiger charge is -2.34. The van der Waals surface area contributed by atoms with Gasteiger partial charge in [0.25, 0.3) is 0 Å². The summed E-state index contributed by atoms with van der Waals surface area (Å²) in [5.41, 5.74) is 0.698. The molecule has 1 aromatic rings. The van der Waals surface area contributed by atoms with E-state index in [1.807, 2.05) is 0 Å². The summed E-state index contributed by atoms with van der Waals surface area (Å²) in [5.74, 6) is 0.337. The summed E-state index contributed by atoms with van der Waals surface area (Å²) in [4.78, 5) is 2.24. The van der Waals surface area contributed by atoms with Crippen molar-refractivity contribution in [2.75, 3.05) is 32.2 Å². The third kappa shape index (κ3) is 3.22. The molecular weight excluding hydrogens is 301 g/mol. The molecule has 1 fully saturated rings. The van der Waals surface area contributed by atoms with Crippen molar-refractivity contribution >= 4 is 15.9 Å². The van der Waals surface area contributed by atoms with Gasteiger partial charge in [0, 0.05) is 36.1 Å². The summed E-state index contributed by atoms with van der Waals surface area (Å²) in [7, 11) is 1.54. The highest BCUT2D eigenvalue weighted by Gasteiger charge is 2.22. The number of benzene rings is 1. The number of alkyl halides is 1. The predicted molar refractivity (Wildman–Crippen MR) is 71.8 cm³/mol. The van der Waals surface area contributed by atoms with E-state index in [9.17, 15) is 4.39 Å². The summed E-state index contributed by atoms with van der Waals surface area (Å²) in [6, 6.07) is 5.32. The van der Waals surface area contributed by atoms with Crippen LogP contribution in [0.3, 0.4) is 0 Å². The third-order valence-electron chi connectivity index (χ3n) is 3.16. The largest absolute Gasteiger partial charge is 0.497 e. The van der Waals surface area contributed by atoms with Crippen molar-refractivity contribution in [3.63, 3.8) is 0 Å². The van der Waals surface area contributed by atoms with Gasteiger partial charge in [-0.25, -0.2) is 4.39 Å². The standard InChI is InChI=1S/C13H17BrFNO2/c1-17-12-3-2-10(13(15)6-12)8-16-4-5-18-9-11(16)7-14/h2-3,6,11H,4-5,7-9H2,1H3. The van der Waals surface area contributed by atoms with Crippen LogP contribution < -0.4 is 4.74 Å². The number of methoxy groups -OCH3 is 1. The maximum Gasteiger partial charge on any atom is 0.131 e. The van der Waals surface area contributed by atoms with E-state index in [4.69, 9.17) is 9.47 Å². The Labute approximate surface area is 115 Å². The minimum atomic E-state index is -0.214. The molecule has 2 rings (SSSR count). The molecule has 0 saturated carbocycles. The van der Waals surface area contributed by atoms with Gasteiger partial charge < -0.3 is 9.47 Å². The van der Waals surface area contributed by atoms with E-state index < -0.39 is 0 Å². The van der Waals surface area contributed by atoms with E-state index in [-0.39, 0.29) is 5.82 Å². The van der Waals surface area contributed by atoms with Gasteiger partial charge in [-0.15, -0.1) is 0 Å². The molecule has 1 aliphatic heterocycles. The van der Waals surface area contributed by atoms with Crippen LogP contribution >= 0.6 is 15.9 Å². The van der Waals surface area contributed by atoms with Crippen molar-refractivity contribution in [2.45, 2.75) is 12.6 Å². The first-order valence-corrected chi connectivity index (χ1v) is 7.07. The van der Waals surface area contributed by atoms with Crippen LogP contribution in [-0.2, 0) is 11.3 Å². The zero-order valence-corrected chi connectivity index (χ0v) is 12.0. The summed E-state index contributed by atoms with van der Waals surface area (Å²) < 4.78 is 24.3. The lowest BCUT2D eigenvalue weighted by molar-refractivity contribution is -0.00256. The Kier molecular flexibility index (Phi) is 4.97. The molecule has 5 heteroatoms. The van der Waals surface area contributed by atoms with E-state index in [1.165, 1.54) is 13.2 Å². The fourth-order valence-electron chi connectivity index (χ4n) is 2.04. The first-order chi connectivity index (χ1) is 8.74. The zero-order valence-electron chi connectivity index (χ0n) is 10.4. The third-order valence-corrected chi connectivity index (χ3v) is 3.91. The van der Waals surface area contributed by atoms with Gasteiger partial charge in [-0.1, -0.05) is 22.0 Å². The van der Waals surface area contributed by atoms with Gasteiger partial charge in [0.1, 0.15) is 11.6 Å². The van der Waals surface area contributed by atoms with Crippen LogP contribution in [0.15, 0.2) is 18.2 Å². The number of morpholine rings is 1. The number of rotatable bonds is 4. The highest BCUT2D eigenvalue weighted by atomic mass is 79.9. The molecule has 1 aromatic carbocycles. The van der Waals surface area contributed by atoms with Gasteiger partial charge in [-0.2, -0.15) is 0 Å². The quantitative estimate of drug-likeness (QED) is 0.796. The molecule has 1 aliphatic rings. The first-order valence-electron chi connectivity index (χ1n) is 5.94. The Bertz CT molecular complexity index is 403. The second-order valence-corrected chi connectivity index (χ2v) is 4.96. The SMILES string of the molecule is COc1ccc(CN2CCOCC2CBr)c(F)c1. The van der Waals surface area contributed by atoms with Crippen LogP contribution in [0.2, 0.25) is 0 Å². The average Bonchev–Trinajstić information content (AvgIpc) is 2.41. The molecule has 18 heavy (non-hydrogen) atoms. The maximum absolute atomic E-state index is 13.9. The van der Waals surface area contributed by atoms with Gasteiger partial charge in [0.2, 0.25) is 0 Å². The molecule has 0 aromatic heterocycles. The first kappa shape index (κ1) is 13.8. The number of ether oxygens (including phenoxy) is 2. The average molecular weight is 318 g/mol. The molecule has 0 spiro atoms. The highest BCUT2D eigenvalue weighted by molar-refractivity contribution is 9.09. The van der Waals surface area contributed by atoms with Gasteiger partial charge in [0.05, 0.1) is 20.3 Å².